The molecule has 2 heteroatoms. The topological polar surface area (TPSA) is 38.0 Å². The molecule has 0 unspecified atom stereocenters. The minimum atomic E-state index is 0.783. The molecule has 0 aliphatic heterocycles. The van der Waals surface area contributed by atoms with Crippen LogP contribution in [-0.4, -0.2) is 0 Å². The fourth-order valence-corrected chi connectivity index (χ4v) is 3.89. The Morgan fingerprint density at radius 3 is 1.79 bits per heavy atom. The molecule has 0 heterocycles. The second-order valence-corrected chi connectivity index (χ2v) is 6.95. The smallest absolute Gasteiger partial charge is 0.0471 e. The van der Waals surface area contributed by atoms with Crippen LogP contribution in [0.3, 0.4) is 0 Å². The molecular formula is C26H20N2. The van der Waals surface area contributed by atoms with E-state index in [1.165, 1.54) is 16.2 Å². The van der Waals surface area contributed by atoms with Crippen LogP contribution in [-0.2, 0) is 0 Å². The van der Waals surface area contributed by atoms with Gasteiger partial charge in [0.15, 0.2) is 0 Å². The van der Waals surface area contributed by atoms with Gasteiger partial charge in [0.25, 0.3) is 0 Å². The van der Waals surface area contributed by atoms with E-state index in [0.29, 0.717) is 0 Å². The number of hydrogen-bond acceptors (Lipinski definition) is 2. The van der Waals surface area contributed by atoms with E-state index < -0.39 is 0 Å². The van der Waals surface area contributed by atoms with Gasteiger partial charge in [-0.2, -0.15) is 0 Å². The lowest BCUT2D eigenvalue weighted by Crippen LogP contribution is -1.98. The van der Waals surface area contributed by atoms with E-state index in [2.05, 4.69) is 84.2 Å². The molecule has 0 bridgehead atoms. The lowest BCUT2D eigenvalue weighted by molar-refractivity contribution is 1.56. The van der Waals surface area contributed by atoms with Crippen LogP contribution in [0.25, 0.3) is 32.7 Å². The van der Waals surface area contributed by atoms with Crippen molar-refractivity contribution in [2.24, 2.45) is 0 Å². The summed E-state index contributed by atoms with van der Waals surface area (Å²) in [7, 11) is 0. The molecule has 5 rings (SSSR count). The monoisotopic (exact) mass is 360 g/mol. The van der Waals surface area contributed by atoms with E-state index in [0.717, 1.165) is 33.6 Å². The molecule has 0 spiro atoms. The molecule has 0 radical (unpaired) electrons. The molecule has 0 fully saturated rings. The maximum absolute atomic E-state index is 6.54. The van der Waals surface area contributed by atoms with Crippen molar-refractivity contribution in [3.8, 4) is 11.1 Å². The Morgan fingerprint density at radius 2 is 1.07 bits per heavy atom. The van der Waals surface area contributed by atoms with Crippen LogP contribution in [0.4, 0.5) is 17.1 Å². The Kier molecular flexibility index (Phi) is 3.95. The summed E-state index contributed by atoms with van der Waals surface area (Å²) in [5, 5.41) is 8.33. The summed E-state index contributed by atoms with van der Waals surface area (Å²) < 4.78 is 0. The lowest BCUT2D eigenvalue weighted by atomic mass is 9.91. The van der Waals surface area contributed by atoms with Gasteiger partial charge in [0.05, 0.1) is 0 Å². The lowest BCUT2D eigenvalue weighted by Gasteiger charge is -2.18. The van der Waals surface area contributed by atoms with Crippen LogP contribution in [0.1, 0.15) is 0 Å². The first-order valence-electron chi connectivity index (χ1n) is 9.43. The van der Waals surface area contributed by atoms with Crippen molar-refractivity contribution in [3.05, 3.63) is 103 Å². The molecule has 0 saturated heterocycles. The van der Waals surface area contributed by atoms with Gasteiger partial charge in [-0.3, -0.25) is 0 Å². The number of rotatable bonds is 3. The van der Waals surface area contributed by atoms with Crippen LogP contribution >= 0.6 is 0 Å². The van der Waals surface area contributed by atoms with Gasteiger partial charge in [-0.25, -0.2) is 0 Å². The van der Waals surface area contributed by atoms with E-state index in [1.54, 1.807) is 0 Å². The maximum Gasteiger partial charge on any atom is 0.0471 e. The summed E-state index contributed by atoms with van der Waals surface area (Å²) in [5.41, 5.74) is 11.6. The van der Waals surface area contributed by atoms with Crippen molar-refractivity contribution >= 4 is 38.6 Å². The zero-order valence-electron chi connectivity index (χ0n) is 15.4. The van der Waals surface area contributed by atoms with Crippen LogP contribution in [0, 0.1) is 0 Å². The van der Waals surface area contributed by atoms with E-state index in [-0.39, 0.29) is 0 Å². The number of anilines is 3. The summed E-state index contributed by atoms with van der Waals surface area (Å²) in [6.45, 7) is 0. The Balaban J connectivity index is 1.86. The SMILES string of the molecule is Nc1ccc2ccccc2c1-c1c(Nc2ccccc2)ccc2ccccc12. The molecule has 0 atom stereocenters. The Hall–Kier alpha value is -3.78. The van der Waals surface area contributed by atoms with E-state index in [4.69, 9.17) is 5.73 Å². The van der Waals surface area contributed by atoms with Crippen LogP contribution in [0.15, 0.2) is 103 Å². The van der Waals surface area contributed by atoms with Crippen LogP contribution in [0.5, 0.6) is 0 Å². The first-order valence-corrected chi connectivity index (χ1v) is 9.43. The minimum Gasteiger partial charge on any atom is -0.398 e. The zero-order valence-corrected chi connectivity index (χ0v) is 15.4. The Bertz CT molecular complexity index is 1290. The summed E-state index contributed by atoms with van der Waals surface area (Å²) in [5.74, 6) is 0. The van der Waals surface area contributed by atoms with E-state index in [1.807, 2.05) is 24.3 Å². The number of benzene rings is 5. The second kappa shape index (κ2) is 6.75. The van der Waals surface area contributed by atoms with Crippen molar-refractivity contribution in [1.29, 1.82) is 0 Å². The van der Waals surface area contributed by atoms with Gasteiger partial charge in [0.1, 0.15) is 0 Å². The van der Waals surface area contributed by atoms with Gasteiger partial charge in [-0.05, 0) is 45.8 Å². The molecule has 5 aromatic carbocycles. The first-order chi connectivity index (χ1) is 13.8. The van der Waals surface area contributed by atoms with Gasteiger partial charge in [0.2, 0.25) is 0 Å². The number of nitrogen functional groups attached to an aromatic ring is 1. The molecule has 0 aromatic heterocycles. The normalized spacial score (nSPS) is 11.0. The highest BCUT2D eigenvalue weighted by molar-refractivity contribution is 6.13. The Labute approximate surface area is 164 Å². The number of fused-ring (bicyclic) bond motifs is 2. The van der Waals surface area contributed by atoms with E-state index >= 15 is 0 Å². The highest BCUT2D eigenvalue weighted by Crippen LogP contribution is 2.43. The quantitative estimate of drug-likeness (QED) is 0.340. The fourth-order valence-electron chi connectivity index (χ4n) is 3.89. The van der Waals surface area contributed by atoms with Gasteiger partial charge in [-0.15, -0.1) is 0 Å². The molecule has 0 aliphatic carbocycles. The van der Waals surface area contributed by atoms with Crippen molar-refractivity contribution in [2.75, 3.05) is 11.1 Å². The molecule has 28 heavy (non-hydrogen) atoms. The molecule has 134 valence electrons. The minimum absolute atomic E-state index is 0.783. The predicted octanol–water partition coefficient (Wildman–Crippen LogP) is 6.99. The maximum atomic E-state index is 6.54. The number of nitrogens with one attached hydrogen (secondary N) is 1. The third-order valence-electron chi connectivity index (χ3n) is 5.19. The zero-order chi connectivity index (χ0) is 18.9. The number of nitrogens with two attached hydrogens (primary N) is 1. The van der Waals surface area contributed by atoms with Gasteiger partial charge in [0, 0.05) is 28.2 Å². The summed E-state index contributed by atoms with van der Waals surface area (Å²) in [4.78, 5) is 0. The molecule has 2 nitrogen and oxygen atoms in total. The highest BCUT2D eigenvalue weighted by Gasteiger charge is 2.16. The molecule has 0 aliphatic rings. The molecule has 5 aromatic rings. The first kappa shape index (κ1) is 16.4. The van der Waals surface area contributed by atoms with E-state index in [9.17, 15) is 0 Å². The predicted molar refractivity (Wildman–Crippen MR) is 121 cm³/mol. The average molecular weight is 360 g/mol. The largest absolute Gasteiger partial charge is 0.398 e. The van der Waals surface area contributed by atoms with Gasteiger partial charge < -0.3 is 11.1 Å². The standard InChI is InChI=1S/C26H20N2/c27-23-16-14-18-8-4-6-12-21(18)25(23)26-22-13-7-5-9-19(22)15-17-24(26)28-20-10-2-1-3-11-20/h1-17,28H,27H2. The van der Waals surface area contributed by atoms with Crippen LogP contribution < -0.4 is 11.1 Å². The summed E-state index contributed by atoms with van der Waals surface area (Å²) >= 11 is 0. The summed E-state index contributed by atoms with van der Waals surface area (Å²) in [6, 6.07) is 35.5. The third kappa shape index (κ3) is 2.76. The summed E-state index contributed by atoms with van der Waals surface area (Å²) in [6.07, 6.45) is 0. The molecule has 3 N–H and O–H groups in total. The van der Waals surface area contributed by atoms with Crippen molar-refractivity contribution in [3.63, 3.8) is 0 Å². The molecule has 0 amide bonds. The van der Waals surface area contributed by atoms with Gasteiger partial charge >= 0.3 is 0 Å². The average Bonchev–Trinajstić information content (AvgIpc) is 2.75. The molecule has 0 saturated carbocycles. The van der Waals surface area contributed by atoms with Crippen molar-refractivity contribution < 1.29 is 0 Å². The Morgan fingerprint density at radius 1 is 0.500 bits per heavy atom. The van der Waals surface area contributed by atoms with Crippen LogP contribution in [0.2, 0.25) is 0 Å². The van der Waals surface area contributed by atoms with Crippen molar-refractivity contribution in [2.45, 2.75) is 0 Å². The van der Waals surface area contributed by atoms with Gasteiger partial charge in [-0.1, -0.05) is 78.9 Å². The second-order valence-electron chi connectivity index (χ2n) is 6.95. The van der Waals surface area contributed by atoms with Crippen molar-refractivity contribution in [1.82, 2.24) is 0 Å². The number of hydrogen-bond donors (Lipinski definition) is 2. The highest BCUT2D eigenvalue weighted by atomic mass is 14.9. The number of para-hydroxylation sites is 1. The third-order valence-corrected chi connectivity index (χ3v) is 5.19. The molecular weight excluding hydrogens is 340 g/mol. The fraction of sp³-hybridized carbons (Fsp3) is 0.